The van der Waals surface area contributed by atoms with Crippen LogP contribution in [0.2, 0.25) is 0 Å². The topological polar surface area (TPSA) is 130 Å². The van der Waals surface area contributed by atoms with E-state index in [1.807, 2.05) is 0 Å². The number of alkyl halides is 4. The van der Waals surface area contributed by atoms with Gasteiger partial charge in [0.15, 0.2) is 0 Å². The van der Waals surface area contributed by atoms with Gasteiger partial charge in [0.05, 0.1) is 0 Å². The number of rotatable bonds is 8. The molecule has 0 spiro atoms. The van der Waals surface area contributed by atoms with Crippen molar-refractivity contribution in [3.8, 4) is 11.5 Å². The van der Waals surface area contributed by atoms with Gasteiger partial charge < -0.3 is 30.7 Å². The Labute approximate surface area is 245 Å². The second-order valence-electron chi connectivity index (χ2n) is 10.1. The lowest BCUT2D eigenvalue weighted by atomic mass is 9.92. The maximum absolute atomic E-state index is 14.0. The van der Waals surface area contributed by atoms with Gasteiger partial charge in [0.1, 0.15) is 30.0 Å². The predicted octanol–water partition coefficient (Wildman–Crippen LogP) is 5.47. The van der Waals surface area contributed by atoms with Gasteiger partial charge in [-0.1, -0.05) is 13.0 Å². The quantitative estimate of drug-likeness (QED) is 0.154. The Morgan fingerprint density at radius 1 is 1.07 bits per heavy atom. The number of ether oxygens (including phenoxy) is 2. The largest absolute Gasteiger partial charge is 0.487 e. The maximum atomic E-state index is 14.0. The van der Waals surface area contributed by atoms with Gasteiger partial charge in [-0.05, 0) is 71.6 Å². The van der Waals surface area contributed by atoms with E-state index in [4.69, 9.17) is 15.9 Å². The van der Waals surface area contributed by atoms with Crippen molar-refractivity contribution in [1.82, 2.24) is 4.90 Å². The molecule has 2 unspecified atom stereocenters. The number of likely N-dealkylation sites (N-methyl/N-ethyl adjacent to an activating group) is 1. The Morgan fingerprint density at radius 3 is 2.42 bits per heavy atom. The minimum absolute atomic E-state index is 0.0719. The summed E-state index contributed by atoms with van der Waals surface area (Å²) in [5.41, 5.74) is 7.96. The van der Waals surface area contributed by atoms with Crippen LogP contribution in [0.3, 0.4) is 0 Å². The van der Waals surface area contributed by atoms with E-state index in [1.54, 1.807) is 43.3 Å². The van der Waals surface area contributed by atoms with Gasteiger partial charge in [-0.3, -0.25) is 15.0 Å². The van der Waals surface area contributed by atoms with Crippen molar-refractivity contribution in [2.24, 2.45) is 5.73 Å². The highest BCUT2D eigenvalue weighted by molar-refractivity contribution is 5.95. The zero-order valence-corrected chi connectivity index (χ0v) is 23.4. The van der Waals surface area contributed by atoms with E-state index in [0.29, 0.717) is 28.1 Å². The molecule has 0 radical (unpaired) electrons. The number of nitrogens with zero attached hydrogens (tertiary/aromatic N) is 1. The number of hydrogen-bond donors (Lipinski definition) is 4. The summed E-state index contributed by atoms with van der Waals surface area (Å²) < 4.78 is 62.4. The Balaban J connectivity index is 1.81. The summed E-state index contributed by atoms with van der Waals surface area (Å²) in [5, 5.41) is 13.5. The third-order valence-corrected chi connectivity index (χ3v) is 6.85. The highest BCUT2D eigenvalue weighted by Crippen LogP contribution is 2.35. The smallest absolute Gasteiger partial charge is 0.387 e. The lowest BCUT2D eigenvalue weighted by Gasteiger charge is -2.28. The molecule has 0 saturated carbocycles. The van der Waals surface area contributed by atoms with Crippen molar-refractivity contribution >= 4 is 29.0 Å². The minimum Gasteiger partial charge on any atom is -0.487 e. The number of carbonyl (C=O) groups is 2. The number of hydrogen-bond acceptors (Lipinski definition) is 6. The fourth-order valence-corrected chi connectivity index (χ4v) is 4.76. The molecule has 0 aliphatic carbocycles. The van der Waals surface area contributed by atoms with Crippen LogP contribution < -0.4 is 25.8 Å². The third kappa shape index (κ3) is 7.93. The SMILES string of the molecule is CC1CC(=O)Nc2ccc(OC(F)F)c(c2)CN(C)C(=O)C(Nc2ccc(C(=N)N)cc2)c2ccc(OCC(F)F)c1c2. The Kier molecular flexibility index (Phi) is 9.73. The van der Waals surface area contributed by atoms with E-state index in [1.165, 1.54) is 36.2 Å². The summed E-state index contributed by atoms with van der Waals surface area (Å²) in [6.07, 6.45) is -2.80. The number of nitrogen functional groups attached to an aromatic ring is 1. The van der Waals surface area contributed by atoms with Crippen LogP contribution in [0.4, 0.5) is 28.9 Å². The van der Waals surface area contributed by atoms with E-state index in [0.717, 1.165) is 0 Å². The van der Waals surface area contributed by atoms with Gasteiger partial charge in [-0.2, -0.15) is 8.78 Å². The summed E-state index contributed by atoms with van der Waals surface area (Å²) in [6, 6.07) is 14.3. The van der Waals surface area contributed by atoms with Crippen LogP contribution in [0.1, 0.15) is 47.6 Å². The van der Waals surface area contributed by atoms with Crippen molar-refractivity contribution in [1.29, 1.82) is 5.41 Å². The molecule has 1 heterocycles. The van der Waals surface area contributed by atoms with Crippen LogP contribution >= 0.6 is 0 Å². The lowest BCUT2D eigenvalue weighted by molar-refractivity contribution is -0.131. The Bertz CT molecular complexity index is 1490. The molecular formula is C30H31F4N5O4. The van der Waals surface area contributed by atoms with E-state index in [-0.39, 0.29) is 35.9 Å². The number of carbonyl (C=O) groups excluding carboxylic acids is 2. The molecule has 2 amide bonds. The minimum atomic E-state index is -3.11. The van der Waals surface area contributed by atoms with Crippen LogP contribution in [-0.4, -0.2) is 49.2 Å². The molecule has 9 nitrogen and oxygen atoms in total. The van der Waals surface area contributed by atoms with Gasteiger partial charge in [0, 0.05) is 42.5 Å². The van der Waals surface area contributed by atoms with E-state index < -0.39 is 43.4 Å². The Hall–Kier alpha value is -4.81. The normalized spacial score (nSPS) is 17.3. The molecule has 2 atom stereocenters. The Morgan fingerprint density at radius 2 is 1.77 bits per heavy atom. The van der Waals surface area contributed by atoms with Gasteiger partial charge in [-0.25, -0.2) is 8.78 Å². The molecule has 0 fully saturated rings. The summed E-state index contributed by atoms with van der Waals surface area (Å²) in [4.78, 5) is 28.3. The number of anilines is 2. The van der Waals surface area contributed by atoms with E-state index in [9.17, 15) is 27.2 Å². The van der Waals surface area contributed by atoms with Crippen molar-refractivity contribution in [2.75, 3.05) is 24.3 Å². The molecule has 3 aromatic carbocycles. The molecule has 0 aromatic heterocycles. The fourth-order valence-electron chi connectivity index (χ4n) is 4.76. The maximum Gasteiger partial charge on any atom is 0.387 e. The van der Waals surface area contributed by atoms with Crippen molar-refractivity contribution in [3.63, 3.8) is 0 Å². The first-order valence-corrected chi connectivity index (χ1v) is 13.3. The first-order chi connectivity index (χ1) is 20.4. The molecule has 228 valence electrons. The van der Waals surface area contributed by atoms with Crippen molar-refractivity contribution in [3.05, 3.63) is 82.9 Å². The second kappa shape index (κ2) is 13.4. The molecule has 13 heteroatoms. The zero-order chi connectivity index (χ0) is 31.3. The molecule has 1 aliphatic rings. The standard InChI is InChI=1S/C30H31F4N5O4/c1-16-11-26(40)37-21-8-10-23(43-30(33)34)19(12-21)14-39(2)29(41)27(38-20-6-3-17(4-7-20)28(35)36)18-5-9-24(22(16)13-18)42-15-25(31)32/h3-10,12-13,16,25,27,30,38H,11,14-15H2,1-2H3,(H3,35,36)(H,37,40). The number of fused-ring (bicyclic) bond motifs is 4. The van der Waals surface area contributed by atoms with Crippen LogP contribution in [0.5, 0.6) is 11.5 Å². The molecule has 3 aromatic rings. The molecular weight excluding hydrogens is 570 g/mol. The zero-order valence-electron chi connectivity index (χ0n) is 23.4. The molecule has 43 heavy (non-hydrogen) atoms. The number of amides is 2. The highest BCUT2D eigenvalue weighted by atomic mass is 19.3. The number of nitrogens with one attached hydrogen (secondary N) is 3. The summed E-state index contributed by atoms with van der Waals surface area (Å²) in [7, 11) is 1.49. The molecule has 4 rings (SSSR count). The summed E-state index contributed by atoms with van der Waals surface area (Å²) in [5.74, 6) is -1.53. The van der Waals surface area contributed by atoms with Gasteiger partial charge in [0.25, 0.3) is 6.43 Å². The van der Waals surface area contributed by atoms with E-state index >= 15 is 0 Å². The first-order valence-electron chi connectivity index (χ1n) is 13.3. The average Bonchev–Trinajstić information content (AvgIpc) is 2.95. The monoisotopic (exact) mass is 601 g/mol. The molecule has 1 aliphatic heterocycles. The summed E-state index contributed by atoms with van der Waals surface area (Å²) >= 11 is 0. The van der Waals surface area contributed by atoms with Crippen LogP contribution in [0.25, 0.3) is 0 Å². The van der Waals surface area contributed by atoms with Crippen LogP contribution in [-0.2, 0) is 16.1 Å². The van der Waals surface area contributed by atoms with Gasteiger partial charge >= 0.3 is 6.61 Å². The number of halogens is 4. The molecule has 4 bridgehead atoms. The van der Waals surface area contributed by atoms with Crippen molar-refractivity contribution in [2.45, 2.75) is 44.9 Å². The lowest BCUT2D eigenvalue weighted by Crippen LogP contribution is -2.35. The number of nitrogens with two attached hydrogens (primary N) is 1. The first kappa shape index (κ1) is 31.1. The van der Waals surface area contributed by atoms with Crippen LogP contribution in [0.15, 0.2) is 60.7 Å². The van der Waals surface area contributed by atoms with Crippen molar-refractivity contribution < 1.29 is 36.6 Å². The second-order valence-corrected chi connectivity index (χ2v) is 10.1. The molecule has 0 saturated heterocycles. The number of benzene rings is 3. The molecule has 5 N–H and O–H groups in total. The predicted molar refractivity (Wildman–Crippen MR) is 153 cm³/mol. The summed E-state index contributed by atoms with van der Waals surface area (Å²) in [6.45, 7) is -2.39. The van der Waals surface area contributed by atoms with Gasteiger partial charge in [-0.15, -0.1) is 0 Å². The third-order valence-electron chi connectivity index (χ3n) is 6.85. The van der Waals surface area contributed by atoms with Gasteiger partial charge in [0.2, 0.25) is 11.8 Å². The van der Waals surface area contributed by atoms with E-state index in [2.05, 4.69) is 15.4 Å². The van der Waals surface area contributed by atoms with Crippen LogP contribution in [0, 0.1) is 5.41 Å². The highest BCUT2D eigenvalue weighted by Gasteiger charge is 2.28. The average molecular weight is 602 g/mol. The number of amidine groups is 1. The fraction of sp³-hybridized carbons (Fsp3) is 0.300.